The van der Waals surface area contributed by atoms with Gasteiger partial charge in [-0.25, -0.2) is 4.39 Å². The fourth-order valence-electron chi connectivity index (χ4n) is 3.10. The van der Waals surface area contributed by atoms with Crippen LogP contribution in [0.1, 0.15) is 25.5 Å². The summed E-state index contributed by atoms with van der Waals surface area (Å²) in [6.07, 6.45) is 4.96. The molecule has 0 radical (unpaired) electrons. The number of hydrogen-bond donors (Lipinski definition) is 1. The molecule has 0 amide bonds. The van der Waals surface area contributed by atoms with E-state index in [0.29, 0.717) is 9.86 Å². The van der Waals surface area contributed by atoms with E-state index in [0.717, 1.165) is 42.2 Å². The maximum atomic E-state index is 13.6. The van der Waals surface area contributed by atoms with Gasteiger partial charge in [0.1, 0.15) is 6.23 Å². The van der Waals surface area contributed by atoms with Crippen molar-refractivity contribution in [3.8, 4) is 0 Å². The van der Waals surface area contributed by atoms with Crippen molar-refractivity contribution >= 4 is 37.6 Å². The van der Waals surface area contributed by atoms with Crippen molar-refractivity contribution in [3.63, 3.8) is 0 Å². The third-order valence-electron chi connectivity index (χ3n) is 4.22. The number of rotatable bonds is 1. The maximum Gasteiger partial charge on any atom is 0.223 e. The molecule has 114 valence electrons. The Morgan fingerprint density at radius 3 is 3.00 bits per heavy atom. The Morgan fingerprint density at radius 1 is 1.36 bits per heavy atom. The number of hydrogen-bond acceptors (Lipinski definition) is 2. The normalized spacial score (nSPS) is 19.1. The smallest absolute Gasteiger partial charge is 0.223 e. The lowest BCUT2D eigenvalue weighted by atomic mass is 10.1. The second kappa shape index (κ2) is 5.21. The molecule has 0 aliphatic carbocycles. The van der Waals surface area contributed by atoms with Gasteiger partial charge in [-0.2, -0.15) is 0 Å². The molecular weight excluding hydrogens is 351 g/mol. The number of H-pyrrole nitrogens is 1. The molecule has 1 fully saturated rings. The number of nitrogens with one attached hydrogen (secondary N) is 1. The number of benzene rings is 2. The molecule has 0 spiro atoms. The van der Waals surface area contributed by atoms with E-state index in [1.807, 2.05) is 16.9 Å². The van der Waals surface area contributed by atoms with Crippen LogP contribution in [0.15, 0.2) is 33.7 Å². The summed E-state index contributed by atoms with van der Waals surface area (Å²) >= 11 is 3.46. The SMILES string of the molecule is O=c1c(F)ccc2cc3c(c[nH]n3C3CCCCO3)c(Br)c12. The van der Waals surface area contributed by atoms with Crippen LogP contribution in [0.25, 0.3) is 21.7 Å². The molecule has 1 atom stereocenters. The Bertz CT molecular complexity index is 925. The van der Waals surface area contributed by atoms with Crippen molar-refractivity contribution in [1.82, 2.24) is 9.78 Å². The summed E-state index contributed by atoms with van der Waals surface area (Å²) < 4.78 is 22.0. The van der Waals surface area contributed by atoms with Gasteiger partial charge in [-0.05, 0) is 52.7 Å². The van der Waals surface area contributed by atoms with Gasteiger partial charge < -0.3 is 9.84 Å². The van der Waals surface area contributed by atoms with Crippen LogP contribution in [0.4, 0.5) is 4.39 Å². The van der Waals surface area contributed by atoms with Crippen molar-refractivity contribution in [2.24, 2.45) is 0 Å². The summed E-state index contributed by atoms with van der Waals surface area (Å²) in [6, 6.07) is 4.76. The average Bonchev–Trinajstić information content (AvgIpc) is 2.96. The summed E-state index contributed by atoms with van der Waals surface area (Å²) in [5.41, 5.74) is 0.366. The lowest BCUT2D eigenvalue weighted by molar-refractivity contribution is -0.0366. The van der Waals surface area contributed by atoms with Crippen LogP contribution in [0.5, 0.6) is 0 Å². The molecule has 4 nitrogen and oxygen atoms in total. The van der Waals surface area contributed by atoms with Crippen molar-refractivity contribution in [2.45, 2.75) is 25.5 Å². The second-order valence-electron chi connectivity index (χ2n) is 5.56. The number of aromatic nitrogens is 2. The van der Waals surface area contributed by atoms with Gasteiger partial charge in [-0.3, -0.25) is 9.48 Å². The Morgan fingerprint density at radius 2 is 2.23 bits per heavy atom. The highest BCUT2D eigenvalue weighted by atomic mass is 79.9. The third kappa shape index (κ3) is 2.01. The quantitative estimate of drug-likeness (QED) is 0.706. The average molecular weight is 365 g/mol. The molecule has 4 rings (SSSR count). The van der Waals surface area contributed by atoms with E-state index >= 15 is 0 Å². The second-order valence-corrected chi connectivity index (χ2v) is 6.36. The van der Waals surface area contributed by atoms with E-state index in [4.69, 9.17) is 4.74 Å². The van der Waals surface area contributed by atoms with Crippen LogP contribution in [-0.4, -0.2) is 16.4 Å². The highest BCUT2D eigenvalue weighted by Gasteiger charge is 2.20. The van der Waals surface area contributed by atoms with Crippen LogP contribution in [0.2, 0.25) is 0 Å². The van der Waals surface area contributed by atoms with Crippen molar-refractivity contribution in [1.29, 1.82) is 0 Å². The fraction of sp³-hybridized carbons (Fsp3) is 0.312. The Balaban J connectivity index is 2.00. The number of fused-ring (bicyclic) bond motifs is 2. The molecule has 1 aliphatic rings. The number of ether oxygens (including phenoxy) is 1. The number of halogens is 2. The molecule has 2 aromatic carbocycles. The molecule has 1 aliphatic heterocycles. The molecule has 2 heterocycles. The van der Waals surface area contributed by atoms with E-state index in [2.05, 4.69) is 21.0 Å². The van der Waals surface area contributed by atoms with E-state index in [9.17, 15) is 9.18 Å². The first-order chi connectivity index (χ1) is 10.7. The van der Waals surface area contributed by atoms with E-state index in [1.54, 1.807) is 6.07 Å². The molecule has 6 heteroatoms. The van der Waals surface area contributed by atoms with Gasteiger partial charge in [0.05, 0.1) is 5.52 Å². The van der Waals surface area contributed by atoms with Crippen LogP contribution in [0.3, 0.4) is 0 Å². The Kier molecular flexibility index (Phi) is 3.31. The number of nitrogens with zero attached hydrogens (tertiary/aromatic N) is 1. The molecule has 3 aromatic rings. The van der Waals surface area contributed by atoms with Crippen LogP contribution in [0, 0.1) is 5.82 Å². The summed E-state index contributed by atoms with van der Waals surface area (Å²) in [4.78, 5) is 12.1. The third-order valence-corrected chi connectivity index (χ3v) is 5.04. The Labute approximate surface area is 134 Å². The molecular formula is C16H14BrFN2O2. The van der Waals surface area contributed by atoms with Gasteiger partial charge in [0.25, 0.3) is 0 Å². The van der Waals surface area contributed by atoms with Gasteiger partial charge in [0.15, 0.2) is 5.82 Å². The summed E-state index contributed by atoms with van der Waals surface area (Å²) in [5, 5.41) is 5.15. The van der Waals surface area contributed by atoms with Gasteiger partial charge in [-0.1, -0.05) is 6.07 Å². The monoisotopic (exact) mass is 364 g/mol. The molecule has 0 saturated carbocycles. The van der Waals surface area contributed by atoms with Crippen LogP contribution >= 0.6 is 15.9 Å². The van der Waals surface area contributed by atoms with Gasteiger partial charge in [-0.15, -0.1) is 0 Å². The van der Waals surface area contributed by atoms with E-state index in [-0.39, 0.29) is 6.23 Å². The lowest BCUT2D eigenvalue weighted by Gasteiger charge is -2.24. The molecule has 1 N–H and O–H groups in total. The molecule has 0 bridgehead atoms. The topological polar surface area (TPSA) is 47.0 Å². The van der Waals surface area contributed by atoms with Gasteiger partial charge in [0, 0.05) is 28.0 Å². The first-order valence-electron chi connectivity index (χ1n) is 7.29. The molecule has 1 unspecified atom stereocenters. The molecule has 1 aromatic heterocycles. The minimum atomic E-state index is -0.730. The first kappa shape index (κ1) is 14.0. The predicted octanol–water partition coefficient (Wildman–Crippen LogP) is 4.08. The highest BCUT2D eigenvalue weighted by molar-refractivity contribution is 9.10. The van der Waals surface area contributed by atoms with E-state index in [1.165, 1.54) is 6.07 Å². The largest absolute Gasteiger partial charge is 0.357 e. The summed E-state index contributed by atoms with van der Waals surface area (Å²) in [7, 11) is 0. The fourth-order valence-corrected chi connectivity index (χ4v) is 3.82. The first-order valence-corrected chi connectivity index (χ1v) is 8.08. The predicted molar refractivity (Wildman–Crippen MR) is 86.6 cm³/mol. The molecule has 1 saturated heterocycles. The van der Waals surface area contributed by atoms with Crippen molar-refractivity contribution < 1.29 is 9.13 Å². The summed E-state index contributed by atoms with van der Waals surface area (Å²) in [5.74, 6) is -0.730. The minimum absolute atomic E-state index is 0.0252. The zero-order valence-electron chi connectivity index (χ0n) is 11.7. The zero-order chi connectivity index (χ0) is 15.3. The van der Waals surface area contributed by atoms with Crippen LogP contribution in [-0.2, 0) is 4.74 Å². The van der Waals surface area contributed by atoms with Crippen molar-refractivity contribution in [2.75, 3.05) is 6.61 Å². The van der Waals surface area contributed by atoms with Gasteiger partial charge in [0.2, 0.25) is 5.43 Å². The maximum absolute atomic E-state index is 13.6. The van der Waals surface area contributed by atoms with E-state index < -0.39 is 11.2 Å². The van der Waals surface area contributed by atoms with Crippen LogP contribution < -0.4 is 5.43 Å². The standard InChI is InChI=1S/C16H14BrFN2O2/c17-15-10-8-19-20(13-3-1-2-6-22-13)12(10)7-9-4-5-11(18)16(21)14(9)15/h4-5,7-8,13,19H,1-3,6H2. The zero-order valence-corrected chi connectivity index (χ0v) is 13.3. The molecule has 22 heavy (non-hydrogen) atoms. The minimum Gasteiger partial charge on any atom is -0.357 e. The number of aromatic amines is 1. The van der Waals surface area contributed by atoms with Crippen molar-refractivity contribution in [3.05, 3.63) is 44.9 Å². The lowest BCUT2D eigenvalue weighted by Crippen LogP contribution is -2.19. The highest BCUT2D eigenvalue weighted by Crippen LogP contribution is 2.34. The Hall–Kier alpha value is -1.66. The summed E-state index contributed by atoms with van der Waals surface area (Å²) in [6.45, 7) is 0.753. The van der Waals surface area contributed by atoms with Gasteiger partial charge >= 0.3 is 0 Å².